The van der Waals surface area contributed by atoms with E-state index in [1.807, 2.05) is 30.3 Å². The molecule has 1 nitrogen and oxygen atoms in total. The quantitative estimate of drug-likeness (QED) is 0.382. The molecule has 0 saturated carbocycles. The third kappa shape index (κ3) is 1.90. The van der Waals surface area contributed by atoms with Crippen LogP contribution in [0.1, 0.15) is 0 Å². The fourth-order valence-corrected chi connectivity index (χ4v) is 3.64. The minimum absolute atomic E-state index is 0.758. The van der Waals surface area contributed by atoms with Crippen molar-refractivity contribution in [2.45, 2.75) is 0 Å². The van der Waals surface area contributed by atoms with Crippen LogP contribution < -0.4 is 0 Å². The van der Waals surface area contributed by atoms with Crippen LogP contribution in [0.25, 0.3) is 27.5 Å². The van der Waals surface area contributed by atoms with Crippen molar-refractivity contribution in [3.63, 3.8) is 0 Å². The average Bonchev–Trinajstić information content (AvgIpc) is 2.88. The van der Waals surface area contributed by atoms with Crippen LogP contribution in [0.15, 0.2) is 71.2 Å². The van der Waals surface area contributed by atoms with E-state index in [9.17, 15) is 0 Å². The van der Waals surface area contributed by atoms with E-state index in [0.717, 1.165) is 31.6 Å². The molecular weight excluding hydrogens is 346 g/mol. The van der Waals surface area contributed by atoms with E-state index in [4.69, 9.17) is 11.6 Å². The van der Waals surface area contributed by atoms with Crippen LogP contribution in [0.3, 0.4) is 0 Å². The standard InChI is InChI=1S/C18H11BrClN/c19-14-10-11-15(20)18-17(14)13-8-4-5-9-16(13)21(18)12-6-2-1-3-7-12/h1-11H. The molecule has 0 aliphatic carbocycles. The Labute approximate surface area is 135 Å². The van der Waals surface area contributed by atoms with E-state index < -0.39 is 0 Å². The first-order chi connectivity index (χ1) is 10.3. The van der Waals surface area contributed by atoms with Crippen LogP contribution in [0.5, 0.6) is 0 Å². The van der Waals surface area contributed by atoms with Gasteiger partial charge in [-0.2, -0.15) is 0 Å². The lowest BCUT2D eigenvalue weighted by molar-refractivity contribution is 1.18. The maximum Gasteiger partial charge on any atom is 0.0738 e. The number of halogens is 2. The van der Waals surface area contributed by atoms with Gasteiger partial charge in [0.15, 0.2) is 0 Å². The zero-order valence-electron chi connectivity index (χ0n) is 11.1. The zero-order chi connectivity index (χ0) is 14.4. The van der Waals surface area contributed by atoms with Gasteiger partial charge in [-0.3, -0.25) is 0 Å². The van der Waals surface area contributed by atoms with Crippen molar-refractivity contribution in [3.05, 3.63) is 76.2 Å². The lowest BCUT2D eigenvalue weighted by Crippen LogP contribution is -1.93. The van der Waals surface area contributed by atoms with Gasteiger partial charge in [-0.1, -0.05) is 63.9 Å². The van der Waals surface area contributed by atoms with Gasteiger partial charge < -0.3 is 4.57 Å². The molecule has 4 aromatic rings. The molecule has 3 heteroatoms. The Bertz CT molecular complexity index is 957. The molecule has 102 valence electrons. The molecule has 0 atom stereocenters. The van der Waals surface area contributed by atoms with Gasteiger partial charge in [-0.05, 0) is 30.3 Å². The van der Waals surface area contributed by atoms with E-state index in [0.29, 0.717) is 0 Å². The molecule has 3 aromatic carbocycles. The monoisotopic (exact) mass is 355 g/mol. The normalized spacial score (nSPS) is 11.3. The highest BCUT2D eigenvalue weighted by Crippen LogP contribution is 2.39. The van der Waals surface area contributed by atoms with E-state index >= 15 is 0 Å². The number of hydrogen-bond donors (Lipinski definition) is 0. The molecule has 4 rings (SSSR count). The van der Waals surface area contributed by atoms with Gasteiger partial charge in [0.1, 0.15) is 0 Å². The summed E-state index contributed by atoms with van der Waals surface area (Å²) in [5.74, 6) is 0. The van der Waals surface area contributed by atoms with Crippen LogP contribution in [0, 0.1) is 0 Å². The Balaban J connectivity index is 2.30. The van der Waals surface area contributed by atoms with Gasteiger partial charge >= 0.3 is 0 Å². The molecule has 1 heterocycles. The first kappa shape index (κ1) is 12.9. The third-order valence-electron chi connectivity index (χ3n) is 3.73. The van der Waals surface area contributed by atoms with E-state index in [2.05, 4.69) is 56.9 Å². The molecule has 1 aromatic heterocycles. The Hall–Kier alpha value is -1.77. The molecule has 0 N–H and O–H groups in total. The second kappa shape index (κ2) is 4.90. The van der Waals surface area contributed by atoms with Crippen molar-refractivity contribution in [2.24, 2.45) is 0 Å². The number of para-hydroxylation sites is 2. The summed E-state index contributed by atoms with van der Waals surface area (Å²) in [5, 5.41) is 3.11. The van der Waals surface area contributed by atoms with Gasteiger partial charge in [0.05, 0.1) is 16.1 Å². The van der Waals surface area contributed by atoms with Crippen LogP contribution >= 0.6 is 27.5 Å². The molecule has 21 heavy (non-hydrogen) atoms. The molecule has 0 aliphatic heterocycles. The Kier molecular flexibility index (Phi) is 3.02. The number of nitrogens with zero attached hydrogens (tertiary/aromatic N) is 1. The van der Waals surface area contributed by atoms with E-state index in [-0.39, 0.29) is 0 Å². The summed E-state index contributed by atoms with van der Waals surface area (Å²) in [6.45, 7) is 0. The predicted molar refractivity (Wildman–Crippen MR) is 93.5 cm³/mol. The van der Waals surface area contributed by atoms with Gasteiger partial charge in [0, 0.05) is 20.9 Å². The predicted octanol–water partition coefficient (Wildman–Crippen LogP) is 6.20. The number of hydrogen-bond acceptors (Lipinski definition) is 0. The highest BCUT2D eigenvalue weighted by molar-refractivity contribution is 9.10. The maximum atomic E-state index is 6.51. The van der Waals surface area contributed by atoms with Gasteiger partial charge in [-0.15, -0.1) is 0 Å². The lowest BCUT2D eigenvalue weighted by atomic mass is 10.1. The zero-order valence-corrected chi connectivity index (χ0v) is 13.4. The fourth-order valence-electron chi connectivity index (χ4n) is 2.86. The minimum Gasteiger partial charge on any atom is -0.308 e. The molecule has 0 unspecified atom stereocenters. The number of benzene rings is 3. The highest BCUT2D eigenvalue weighted by Gasteiger charge is 2.16. The van der Waals surface area contributed by atoms with Crippen molar-refractivity contribution in [3.8, 4) is 5.69 Å². The SMILES string of the molecule is Clc1ccc(Br)c2c3ccccc3n(-c3ccccc3)c12. The molecule has 0 saturated heterocycles. The molecular formula is C18H11BrClN. The Morgan fingerprint density at radius 3 is 2.33 bits per heavy atom. The summed E-state index contributed by atoms with van der Waals surface area (Å²) < 4.78 is 3.28. The molecule has 0 fully saturated rings. The number of aromatic nitrogens is 1. The summed E-state index contributed by atoms with van der Waals surface area (Å²) in [4.78, 5) is 0. The van der Waals surface area contributed by atoms with Crippen molar-refractivity contribution in [1.29, 1.82) is 0 Å². The maximum absolute atomic E-state index is 6.51. The Morgan fingerprint density at radius 2 is 1.52 bits per heavy atom. The molecule has 0 amide bonds. The molecule has 0 bridgehead atoms. The average molecular weight is 357 g/mol. The van der Waals surface area contributed by atoms with Crippen LogP contribution in [-0.4, -0.2) is 4.57 Å². The third-order valence-corrected chi connectivity index (χ3v) is 4.70. The lowest BCUT2D eigenvalue weighted by Gasteiger charge is -2.08. The van der Waals surface area contributed by atoms with Crippen LogP contribution in [0.2, 0.25) is 5.02 Å². The molecule has 0 spiro atoms. The topological polar surface area (TPSA) is 4.93 Å². The van der Waals surface area contributed by atoms with Gasteiger partial charge in [0.2, 0.25) is 0 Å². The first-order valence-electron chi connectivity index (χ1n) is 6.70. The van der Waals surface area contributed by atoms with Crippen molar-refractivity contribution >= 4 is 49.3 Å². The largest absolute Gasteiger partial charge is 0.308 e. The summed E-state index contributed by atoms with van der Waals surface area (Å²) in [7, 11) is 0. The summed E-state index contributed by atoms with van der Waals surface area (Å²) in [6, 6.07) is 22.6. The fraction of sp³-hybridized carbons (Fsp3) is 0. The van der Waals surface area contributed by atoms with Crippen LogP contribution in [0.4, 0.5) is 0 Å². The minimum atomic E-state index is 0.758. The number of rotatable bonds is 1. The number of fused-ring (bicyclic) bond motifs is 3. The second-order valence-electron chi connectivity index (χ2n) is 4.94. The summed E-state index contributed by atoms with van der Waals surface area (Å²) >= 11 is 10.2. The smallest absolute Gasteiger partial charge is 0.0738 e. The summed E-state index contributed by atoms with van der Waals surface area (Å²) in [5.41, 5.74) is 3.31. The Morgan fingerprint density at radius 1 is 0.810 bits per heavy atom. The molecule has 0 radical (unpaired) electrons. The first-order valence-corrected chi connectivity index (χ1v) is 7.87. The van der Waals surface area contributed by atoms with Crippen molar-refractivity contribution < 1.29 is 0 Å². The van der Waals surface area contributed by atoms with Crippen LogP contribution in [-0.2, 0) is 0 Å². The molecule has 0 aliphatic rings. The van der Waals surface area contributed by atoms with Gasteiger partial charge in [-0.25, -0.2) is 0 Å². The second-order valence-corrected chi connectivity index (χ2v) is 6.20. The van der Waals surface area contributed by atoms with Crippen molar-refractivity contribution in [1.82, 2.24) is 4.57 Å². The summed E-state index contributed by atoms with van der Waals surface area (Å²) in [6.07, 6.45) is 0. The van der Waals surface area contributed by atoms with E-state index in [1.165, 1.54) is 5.39 Å². The highest BCUT2D eigenvalue weighted by atomic mass is 79.9. The van der Waals surface area contributed by atoms with Gasteiger partial charge in [0.25, 0.3) is 0 Å². The van der Waals surface area contributed by atoms with E-state index in [1.54, 1.807) is 0 Å². The van der Waals surface area contributed by atoms with Crippen molar-refractivity contribution in [2.75, 3.05) is 0 Å².